The summed E-state index contributed by atoms with van der Waals surface area (Å²) in [6, 6.07) is 18.1. The van der Waals surface area contributed by atoms with Gasteiger partial charge >= 0.3 is 0 Å². The van der Waals surface area contributed by atoms with E-state index in [1.54, 1.807) is 6.07 Å². The molecule has 4 heterocycles. The van der Waals surface area contributed by atoms with Gasteiger partial charge in [-0.1, -0.05) is 85.1 Å². The Kier molecular flexibility index (Phi) is 8.12. The molecule has 2 aromatic heterocycles. The minimum atomic E-state index is -0.563. The fraction of sp³-hybridized carbons (Fsp3) is 0.478. The number of nitrogens with zero attached hydrogens (tertiary/aromatic N) is 2. The summed E-state index contributed by atoms with van der Waals surface area (Å²) in [5.74, 6) is -0.0965. The van der Waals surface area contributed by atoms with E-state index in [1.165, 1.54) is 74.5 Å². The highest BCUT2D eigenvalue weighted by molar-refractivity contribution is 5.83. The summed E-state index contributed by atoms with van der Waals surface area (Å²) in [5.41, 5.74) is 11.0. The Morgan fingerprint density at radius 2 is 1.53 bits per heavy atom. The van der Waals surface area contributed by atoms with Crippen molar-refractivity contribution in [2.75, 3.05) is 0 Å². The zero-order valence-electron chi connectivity index (χ0n) is 31.8. The van der Waals surface area contributed by atoms with E-state index < -0.39 is 11.0 Å². The molecule has 7 rings (SSSR count). The molecule has 0 radical (unpaired) electrons. The molecule has 0 saturated heterocycles. The van der Waals surface area contributed by atoms with Crippen molar-refractivity contribution in [2.45, 2.75) is 137 Å². The molecule has 2 unspecified atom stereocenters. The molecule has 2 aromatic carbocycles. The fourth-order valence-electron chi connectivity index (χ4n) is 10.0. The van der Waals surface area contributed by atoms with Crippen LogP contribution in [0.5, 0.6) is 0 Å². The minimum absolute atomic E-state index is 0.0965. The Balaban J connectivity index is 1.70. The normalized spacial score (nSPS) is 21.6. The van der Waals surface area contributed by atoms with E-state index in [0.29, 0.717) is 0 Å². The molecule has 0 saturated carbocycles. The second kappa shape index (κ2) is 11.7. The van der Waals surface area contributed by atoms with Crippen molar-refractivity contribution in [3.05, 3.63) is 105 Å². The predicted octanol–water partition coefficient (Wildman–Crippen LogP) is 9.61. The summed E-state index contributed by atoms with van der Waals surface area (Å²) >= 11 is 0. The van der Waals surface area contributed by atoms with Gasteiger partial charge in [-0.25, -0.2) is 4.39 Å². The number of hydrogen-bond acceptors (Lipinski definition) is 0. The number of hydrogen-bond donors (Lipinski definition) is 0. The lowest BCUT2D eigenvalue weighted by Crippen LogP contribution is -2.80. The highest BCUT2D eigenvalue weighted by Gasteiger charge is 2.74. The van der Waals surface area contributed by atoms with Gasteiger partial charge in [0.2, 0.25) is 16.9 Å². The van der Waals surface area contributed by atoms with E-state index in [0.717, 1.165) is 43.2 Å². The fourth-order valence-corrected chi connectivity index (χ4v) is 10.0. The van der Waals surface area contributed by atoms with Crippen LogP contribution in [0.25, 0.3) is 34.2 Å². The Labute approximate surface area is 294 Å². The van der Waals surface area contributed by atoms with Crippen molar-refractivity contribution in [1.29, 1.82) is 0 Å². The van der Waals surface area contributed by atoms with Crippen LogP contribution in [-0.4, -0.2) is 0 Å². The summed E-state index contributed by atoms with van der Waals surface area (Å²) < 4.78 is 22.0. The minimum Gasteiger partial charge on any atom is -0.207 e. The highest BCUT2D eigenvalue weighted by Crippen LogP contribution is 2.59. The molecular weight excluding hydrogens is 600 g/mol. The second-order valence-electron chi connectivity index (χ2n) is 17.2. The number of halogens is 1. The van der Waals surface area contributed by atoms with Gasteiger partial charge in [-0.2, -0.15) is 9.13 Å². The monoisotopic (exact) mass is 656 g/mol. The smallest absolute Gasteiger partial charge is 0.207 e. The molecule has 0 fully saturated rings. The number of benzene rings is 2. The summed E-state index contributed by atoms with van der Waals surface area (Å²) in [7, 11) is 0. The molecule has 2 aliphatic heterocycles. The van der Waals surface area contributed by atoms with E-state index >= 15 is 4.39 Å². The molecule has 3 heteroatoms. The van der Waals surface area contributed by atoms with Crippen molar-refractivity contribution < 1.29 is 13.5 Å². The van der Waals surface area contributed by atoms with Crippen LogP contribution in [0.3, 0.4) is 0 Å². The average molecular weight is 657 g/mol. The van der Waals surface area contributed by atoms with Crippen LogP contribution in [0, 0.1) is 25.1 Å². The SMILES string of the molecule is CCCCCC=c1cc[n+]2c3c1=C(C)C(C)(C)c1c(F)ccc(c1-3)C1(c3ccc(C)cc3-c3cc(C)cc[n+]31)C2(CC)CCCC(C)(C)C. The topological polar surface area (TPSA) is 7.76 Å². The van der Waals surface area contributed by atoms with Crippen LogP contribution in [0.2, 0.25) is 0 Å². The Hall–Kier alpha value is -3.59. The second-order valence-corrected chi connectivity index (χ2v) is 17.2. The van der Waals surface area contributed by atoms with E-state index in [2.05, 4.69) is 139 Å². The molecule has 0 N–H and O–H groups in total. The highest BCUT2D eigenvalue weighted by atomic mass is 19.1. The maximum atomic E-state index is 16.7. The van der Waals surface area contributed by atoms with Gasteiger partial charge in [0, 0.05) is 53.1 Å². The molecule has 2 atom stereocenters. The average Bonchev–Trinajstić information content (AvgIpc) is 3.32. The summed E-state index contributed by atoms with van der Waals surface area (Å²) in [5, 5.41) is 2.62. The predicted molar refractivity (Wildman–Crippen MR) is 201 cm³/mol. The van der Waals surface area contributed by atoms with Gasteiger partial charge in [0.15, 0.2) is 12.4 Å². The van der Waals surface area contributed by atoms with Crippen LogP contribution < -0.4 is 19.6 Å². The first kappa shape index (κ1) is 33.9. The van der Waals surface area contributed by atoms with Crippen molar-refractivity contribution in [3.8, 4) is 22.5 Å². The van der Waals surface area contributed by atoms with Crippen molar-refractivity contribution in [1.82, 2.24) is 0 Å². The van der Waals surface area contributed by atoms with E-state index in [-0.39, 0.29) is 16.8 Å². The van der Waals surface area contributed by atoms with Gasteiger partial charge in [0.1, 0.15) is 5.82 Å². The Morgan fingerprint density at radius 1 is 0.816 bits per heavy atom. The maximum Gasteiger partial charge on any atom is 0.284 e. The molecule has 1 aliphatic carbocycles. The molecular formula is C46H57FN2+2. The zero-order valence-corrected chi connectivity index (χ0v) is 31.8. The van der Waals surface area contributed by atoms with E-state index in [4.69, 9.17) is 0 Å². The summed E-state index contributed by atoms with van der Waals surface area (Å²) in [6.45, 7) is 22.9. The van der Waals surface area contributed by atoms with Gasteiger partial charge in [-0.15, -0.1) is 0 Å². The van der Waals surface area contributed by atoms with Gasteiger partial charge in [-0.05, 0) is 86.4 Å². The Bertz CT molecular complexity index is 2060. The van der Waals surface area contributed by atoms with Crippen LogP contribution >= 0.6 is 0 Å². The number of fused-ring (bicyclic) bond motifs is 6. The van der Waals surface area contributed by atoms with Crippen LogP contribution in [0.4, 0.5) is 4.39 Å². The third-order valence-corrected chi connectivity index (χ3v) is 12.6. The first-order valence-corrected chi connectivity index (χ1v) is 19.0. The molecule has 256 valence electrons. The molecule has 3 aliphatic rings. The van der Waals surface area contributed by atoms with Crippen LogP contribution in [-0.2, 0) is 16.5 Å². The van der Waals surface area contributed by atoms with E-state index in [1.807, 2.05) is 0 Å². The van der Waals surface area contributed by atoms with Gasteiger partial charge in [0.25, 0.3) is 5.54 Å². The lowest BCUT2D eigenvalue weighted by Gasteiger charge is -2.47. The summed E-state index contributed by atoms with van der Waals surface area (Å²) in [4.78, 5) is 0. The third kappa shape index (κ3) is 4.70. The molecule has 0 amide bonds. The van der Waals surface area contributed by atoms with Gasteiger partial charge in [0.05, 0.1) is 16.3 Å². The zero-order chi connectivity index (χ0) is 35.1. The lowest BCUT2D eigenvalue weighted by molar-refractivity contribution is -0.857. The number of aromatic nitrogens is 2. The number of aryl methyl sites for hydroxylation is 2. The number of unbranched alkanes of at least 4 members (excludes halogenated alkanes) is 3. The van der Waals surface area contributed by atoms with Crippen molar-refractivity contribution >= 4 is 11.6 Å². The maximum absolute atomic E-state index is 16.7. The lowest BCUT2D eigenvalue weighted by atomic mass is 9.57. The molecule has 4 aromatic rings. The molecule has 49 heavy (non-hydrogen) atoms. The first-order valence-electron chi connectivity index (χ1n) is 19.0. The quantitative estimate of drug-likeness (QED) is 0.132. The molecule has 1 spiro atoms. The Morgan fingerprint density at radius 3 is 2.24 bits per heavy atom. The molecule has 2 nitrogen and oxygen atoms in total. The molecule has 0 bridgehead atoms. The third-order valence-electron chi connectivity index (χ3n) is 12.6. The number of pyridine rings is 2. The van der Waals surface area contributed by atoms with E-state index in [9.17, 15) is 0 Å². The van der Waals surface area contributed by atoms with Crippen molar-refractivity contribution in [3.63, 3.8) is 0 Å². The van der Waals surface area contributed by atoms with Crippen molar-refractivity contribution in [2.24, 2.45) is 5.41 Å². The van der Waals surface area contributed by atoms with Crippen LogP contribution in [0.1, 0.15) is 135 Å². The van der Waals surface area contributed by atoms with Gasteiger partial charge in [-0.3, -0.25) is 0 Å². The first-order chi connectivity index (χ1) is 23.2. The number of rotatable bonds is 8. The van der Waals surface area contributed by atoms with Gasteiger partial charge < -0.3 is 0 Å². The standard InChI is InChI=1S/C46H57FN2/c1-11-13-14-15-17-33-23-27-49-42-39(33)32(5)44(9,10)41-37(47)21-20-36(40(41)42)46(45(49,12-2)25-16-24-43(6,7)8)35-19-18-30(3)28-34(35)38-29-31(4)22-26-48(38)46/h17-23,26-29H,11-16,24-25H2,1-10H3/q+2. The summed E-state index contributed by atoms with van der Waals surface area (Å²) in [6.07, 6.45) is 16.1. The largest absolute Gasteiger partial charge is 0.284 e. The van der Waals surface area contributed by atoms with Crippen LogP contribution in [0.15, 0.2) is 60.9 Å².